The summed E-state index contributed by atoms with van der Waals surface area (Å²) < 4.78 is 0. The van der Waals surface area contributed by atoms with Crippen LogP contribution in [-0.2, 0) is 0 Å². The summed E-state index contributed by atoms with van der Waals surface area (Å²) in [4.78, 5) is 1.81. The van der Waals surface area contributed by atoms with Crippen LogP contribution in [0.15, 0.2) is 11.1 Å². The highest BCUT2D eigenvalue weighted by Gasteiger charge is 1.53. The lowest BCUT2D eigenvalue weighted by atomic mass is 10.5. The number of hydrogen-bond acceptors (Lipinski definition) is 0. The summed E-state index contributed by atoms with van der Waals surface area (Å²) >= 11 is 3.09. The Balaban J connectivity index is 2.62. The maximum atomic E-state index is 3.56. The Labute approximate surface area is 41.0 Å². The van der Waals surface area contributed by atoms with Crippen molar-refractivity contribution in [3.05, 3.63) is 18.0 Å². The zero-order valence-corrected chi connectivity index (χ0v) is 4.53. The molecule has 0 aliphatic carbocycles. The van der Waals surface area contributed by atoms with E-state index in [0.29, 0.717) is 0 Å². The van der Waals surface area contributed by atoms with Gasteiger partial charge in [0, 0.05) is 0 Å². The molecule has 0 saturated heterocycles. The summed E-state index contributed by atoms with van der Waals surface area (Å²) in [7, 11) is 0. The number of halogens is 1. The van der Waals surface area contributed by atoms with Crippen molar-refractivity contribution in [2.75, 3.05) is 0 Å². The van der Waals surface area contributed by atoms with Crippen molar-refractivity contribution >= 4 is 15.9 Å². The van der Waals surface area contributed by atoms with Gasteiger partial charge in [0.2, 0.25) is 0 Å². The summed E-state index contributed by atoms with van der Waals surface area (Å²) in [5.41, 5.74) is 0. The zero-order valence-electron chi connectivity index (χ0n) is 2.95. The SMILES string of the molecule is [CH2]C/C=C/Br. The molecule has 1 radical (unpaired) electrons. The molecule has 0 bridgehead atoms. The molecule has 0 aliphatic heterocycles. The molecule has 0 rings (SSSR count). The van der Waals surface area contributed by atoms with Gasteiger partial charge in [0.25, 0.3) is 0 Å². The fourth-order valence-electron chi connectivity index (χ4n) is 0.0630. The van der Waals surface area contributed by atoms with Crippen molar-refractivity contribution in [2.45, 2.75) is 6.42 Å². The Morgan fingerprint density at radius 1 is 1.80 bits per heavy atom. The van der Waals surface area contributed by atoms with E-state index in [9.17, 15) is 0 Å². The Hall–Kier alpha value is 0.220. The molecule has 0 amide bonds. The molecule has 0 aromatic carbocycles. The van der Waals surface area contributed by atoms with Gasteiger partial charge in [-0.25, -0.2) is 0 Å². The van der Waals surface area contributed by atoms with Crippen molar-refractivity contribution in [3.63, 3.8) is 0 Å². The first-order valence-electron chi connectivity index (χ1n) is 1.46. The van der Waals surface area contributed by atoms with E-state index in [1.807, 2.05) is 6.08 Å². The van der Waals surface area contributed by atoms with Crippen LogP contribution in [0.25, 0.3) is 0 Å². The second-order valence-electron chi connectivity index (χ2n) is 0.650. The van der Waals surface area contributed by atoms with Crippen LogP contribution in [0.5, 0.6) is 0 Å². The average molecular weight is 134 g/mol. The van der Waals surface area contributed by atoms with Crippen LogP contribution in [0.1, 0.15) is 6.42 Å². The monoisotopic (exact) mass is 133 g/mol. The van der Waals surface area contributed by atoms with E-state index < -0.39 is 0 Å². The van der Waals surface area contributed by atoms with E-state index in [2.05, 4.69) is 22.9 Å². The van der Waals surface area contributed by atoms with Crippen LogP contribution in [0.2, 0.25) is 0 Å². The highest BCUT2D eigenvalue weighted by atomic mass is 79.9. The van der Waals surface area contributed by atoms with Crippen LogP contribution in [0.4, 0.5) is 0 Å². The fourth-order valence-corrected chi connectivity index (χ4v) is 0.327. The van der Waals surface area contributed by atoms with E-state index in [4.69, 9.17) is 0 Å². The van der Waals surface area contributed by atoms with E-state index in [0.717, 1.165) is 6.42 Å². The molecule has 0 spiro atoms. The smallest absolute Gasteiger partial charge is 0.0229 e. The number of hydrogen-bond donors (Lipinski definition) is 0. The van der Waals surface area contributed by atoms with Gasteiger partial charge < -0.3 is 0 Å². The van der Waals surface area contributed by atoms with Gasteiger partial charge in [-0.15, -0.1) is 0 Å². The highest BCUT2D eigenvalue weighted by Crippen LogP contribution is 1.83. The fraction of sp³-hybridized carbons (Fsp3) is 0.250. The lowest BCUT2D eigenvalue weighted by Crippen LogP contribution is -1.41. The van der Waals surface area contributed by atoms with Crippen LogP contribution < -0.4 is 0 Å². The lowest BCUT2D eigenvalue weighted by molar-refractivity contribution is 1.41. The Bertz CT molecular complexity index is 30.6. The van der Waals surface area contributed by atoms with Gasteiger partial charge >= 0.3 is 0 Å². The third kappa shape index (κ3) is 4.22. The van der Waals surface area contributed by atoms with Gasteiger partial charge in [-0.05, 0) is 18.3 Å². The molecule has 0 saturated carbocycles. The van der Waals surface area contributed by atoms with Gasteiger partial charge in [0.05, 0.1) is 0 Å². The van der Waals surface area contributed by atoms with Crippen LogP contribution >= 0.6 is 15.9 Å². The number of allylic oxidation sites excluding steroid dienone is 1. The van der Waals surface area contributed by atoms with Gasteiger partial charge in [-0.2, -0.15) is 0 Å². The predicted molar refractivity (Wildman–Crippen MR) is 28.0 cm³/mol. The molecule has 0 unspecified atom stereocenters. The minimum atomic E-state index is 0.866. The first-order chi connectivity index (χ1) is 2.41. The second-order valence-corrected chi connectivity index (χ2v) is 1.18. The molecule has 29 valence electrons. The second kappa shape index (κ2) is 4.22. The molecule has 0 atom stereocenters. The molecular formula is C4H6Br. The minimum absolute atomic E-state index is 0.866. The van der Waals surface area contributed by atoms with E-state index >= 15 is 0 Å². The Morgan fingerprint density at radius 3 is 2.40 bits per heavy atom. The average Bonchev–Trinajstić information content (AvgIpc) is 1.41. The molecule has 0 N–H and O–H groups in total. The molecular weight excluding hydrogens is 128 g/mol. The quantitative estimate of drug-likeness (QED) is 0.515. The van der Waals surface area contributed by atoms with Crippen molar-refractivity contribution in [1.82, 2.24) is 0 Å². The summed E-state index contributed by atoms with van der Waals surface area (Å²) in [5.74, 6) is 0. The zero-order chi connectivity index (χ0) is 4.12. The van der Waals surface area contributed by atoms with Crippen LogP contribution in [-0.4, -0.2) is 0 Å². The largest absolute Gasteiger partial charge is 0.0776 e. The first kappa shape index (κ1) is 5.22. The summed E-state index contributed by atoms with van der Waals surface area (Å²) in [6, 6.07) is 0. The Kier molecular flexibility index (Phi) is 4.41. The van der Waals surface area contributed by atoms with Crippen molar-refractivity contribution in [2.24, 2.45) is 0 Å². The maximum Gasteiger partial charge on any atom is -0.0229 e. The Morgan fingerprint density at radius 2 is 2.40 bits per heavy atom. The van der Waals surface area contributed by atoms with Crippen molar-refractivity contribution < 1.29 is 0 Å². The van der Waals surface area contributed by atoms with E-state index in [1.54, 1.807) is 4.99 Å². The number of rotatable bonds is 1. The summed E-state index contributed by atoms with van der Waals surface area (Å²) in [6.07, 6.45) is 2.80. The third-order valence-corrected chi connectivity index (χ3v) is 0.630. The van der Waals surface area contributed by atoms with Gasteiger partial charge in [0.15, 0.2) is 0 Å². The molecule has 0 aromatic rings. The van der Waals surface area contributed by atoms with E-state index in [1.165, 1.54) is 0 Å². The third-order valence-electron chi connectivity index (χ3n) is 0.256. The van der Waals surface area contributed by atoms with Crippen molar-refractivity contribution in [3.8, 4) is 0 Å². The summed E-state index contributed by atoms with van der Waals surface area (Å²) in [5, 5.41) is 0. The topological polar surface area (TPSA) is 0 Å². The van der Waals surface area contributed by atoms with Crippen LogP contribution in [0, 0.1) is 6.92 Å². The predicted octanol–water partition coefficient (Wildman–Crippen LogP) is 2.12. The van der Waals surface area contributed by atoms with Crippen molar-refractivity contribution in [1.29, 1.82) is 0 Å². The molecule has 0 aliphatic rings. The van der Waals surface area contributed by atoms with Gasteiger partial charge in [-0.1, -0.05) is 22.0 Å². The van der Waals surface area contributed by atoms with Gasteiger partial charge in [-0.3, -0.25) is 0 Å². The molecule has 0 nitrogen and oxygen atoms in total. The van der Waals surface area contributed by atoms with Gasteiger partial charge in [0.1, 0.15) is 0 Å². The molecule has 0 aromatic heterocycles. The molecule has 1 heteroatoms. The molecule has 0 heterocycles. The summed E-state index contributed by atoms with van der Waals surface area (Å²) in [6.45, 7) is 3.56. The normalized spacial score (nSPS) is 10.0. The minimum Gasteiger partial charge on any atom is -0.0776 e. The molecule has 0 fully saturated rings. The maximum absolute atomic E-state index is 3.56. The highest BCUT2D eigenvalue weighted by molar-refractivity contribution is 9.11. The first-order valence-corrected chi connectivity index (χ1v) is 2.38. The van der Waals surface area contributed by atoms with Crippen LogP contribution in [0.3, 0.4) is 0 Å². The molecule has 5 heavy (non-hydrogen) atoms. The lowest BCUT2D eigenvalue weighted by Gasteiger charge is -1.63. The van der Waals surface area contributed by atoms with E-state index in [-0.39, 0.29) is 0 Å². The standard InChI is InChI=1S/C4H6Br/c1-2-3-4-5/h3-4H,1-2H2/b4-3+.